The van der Waals surface area contributed by atoms with Crippen LogP contribution in [0.25, 0.3) is 0 Å². The summed E-state index contributed by atoms with van der Waals surface area (Å²) in [5, 5.41) is 8.31. The summed E-state index contributed by atoms with van der Waals surface area (Å²) in [4.78, 5) is 15.1. The lowest BCUT2D eigenvalue weighted by Gasteiger charge is -2.08. The number of aliphatic hydroxyl groups excluding tert-OH is 1. The normalized spacial score (nSPS) is 10.7. The first kappa shape index (κ1) is 16.8. The van der Waals surface area contributed by atoms with Crippen LogP contribution in [0.15, 0.2) is 0 Å². The predicted molar refractivity (Wildman–Crippen MR) is 50.3 cm³/mol. The maximum atomic E-state index is 9.77. The molecular weight excluding hydrogens is 230 g/mol. The predicted octanol–water partition coefficient (Wildman–Crippen LogP) is -1.52. The Kier molecular flexibility index (Phi) is 11.2. The van der Waals surface area contributed by atoms with E-state index >= 15 is 0 Å². The van der Waals surface area contributed by atoms with Gasteiger partial charge >= 0.3 is 10.4 Å². The highest BCUT2D eigenvalue weighted by molar-refractivity contribution is 7.80. The average Bonchev–Trinajstić information content (AvgIpc) is 2.03. The van der Waals surface area contributed by atoms with E-state index in [2.05, 4.69) is 9.22 Å². The molecule has 0 aromatic heterocycles. The fourth-order valence-electron chi connectivity index (χ4n) is 0.475. The molecule has 0 rings (SSSR count). The van der Waals surface area contributed by atoms with Crippen LogP contribution in [-0.4, -0.2) is 63.1 Å². The maximum absolute atomic E-state index is 9.77. The first-order valence-corrected chi connectivity index (χ1v) is 5.16. The van der Waals surface area contributed by atoms with Crippen LogP contribution in [0.1, 0.15) is 0 Å². The third-order valence-electron chi connectivity index (χ3n) is 1.02. The van der Waals surface area contributed by atoms with Crippen molar-refractivity contribution in [3.8, 4) is 0 Å². The van der Waals surface area contributed by atoms with E-state index < -0.39 is 10.4 Å². The molecule has 0 heterocycles. The molecule has 8 nitrogen and oxygen atoms in total. The number of aliphatic hydroxyl groups is 1. The molecular formula is C6H15NO7S. The van der Waals surface area contributed by atoms with Crippen LogP contribution in [0.4, 0.5) is 0 Å². The first-order valence-electron chi connectivity index (χ1n) is 3.80. The Labute approximate surface area is 88.3 Å². The highest BCUT2D eigenvalue weighted by atomic mass is 32.3. The zero-order valence-electron chi connectivity index (χ0n) is 8.49. The molecule has 0 bridgehead atoms. The van der Waals surface area contributed by atoms with Gasteiger partial charge in [-0.05, 0) is 7.05 Å². The molecule has 0 aromatic carbocycles. The molecule has 0 atom stereocenters. The van der Waals surface area contributed by atoms with Crippen LogP contribution in [0.5, 0.6) is 0 Å². The highest BCUT2D eigenvalue weighted by Crippen LogP contribution is 1.81. The SMILES string of the molecule is CN(CC=O)CCO.COOS(=O)(=O)O. The number of aldehydes is 1. The fourth-order valence-corrected chi connectivity index (χ4v) is 0.647. The van der Waals surface area contributed by atoms with E-state index in [4.69, 9.17) is 9.66 Å². The molecule has 0 aliphatic carbocycles. The summed E-state index contributed by atoms with van der Waals surface area (Å²) in [6.07, 6.45) is 0.815. The Bertz CT molecular complexity index is 240. The monoisotopic (exact) mass is 245 g/mol. The maximum Gasteiger partial charge on any atom is 0.424 e. The Morgan fingerprint density at radius 1 is 1.47 bits per heavy atom. The van der Waals surface area contributed by atoms with E-state index in [1.165, 1.54) is 0 Å². The highest BCUT2D eigenvalue weighted by Gasteiger charge is 2.00. The van der Waals surface area contributed by atoms with E-state index in [9.17, 15) is 13.2 Å². The second-order valence-electron chi connectivity index (χ2n) is 2.31. The zero-order valence-corrected chi connectivity index (χ0v) is 9.31. The summed E-state index contributed by atoms with van der Waals surface area (Å²) in [5.74, 6) is 0. The van der Waals surface area contributed by atoms with E-state index in [1.54, 1.807) is 11.9 Å². The van der Waals surface area contributed by atoms with Crippen molar-refractivity contribution in [2.24, 2.45) is 0 Å². The molecule has 15 heavy (non-hydrogen) atoms. The molecule has 92 valence electrons. The third kappa shape index (κ3) is 19.7. The van der Waals surface area contributed by atoms with Crippen molar-refractivity contribution < 1.29 is 32.1 Å². The van der Waals surface area contributed by atoms with Crippen molar-refractivity contribution >= 4 is 16.7 Å². The Hall–Kier alpha value is -0.580. The van der Waals surface area contributed by atoms with Crippen molar-refractivity contribution in [1.29, 1.82) is 0 Å². The van der Waals surface area contributed by atoms with Gasteiger partial charge in [0, 0.05) is 6.54 Å². The molecule has 0 saturated heterocycles. The molecule has 0 aliphatic rings. The molecule has 0 amide bonds. The molecule has 0 aromatic rings. The van der Waals surface area contributed by atoms with Crippen molar-refractivity contribution in [2.75, 3.05) is 33.9 Å². The van der Waals surface area contributed by atoms with Gasteiger partial charge < -0.3 is 9.90 Å². The molecule has 9 heteroatoms. The van der Waals surface area contributed by atoms with Gasteiger partial charge in [0.15, 0.2) is 0 Å². The number of nitrogens with zero attached hydrogens (tertiary/aromatic N) is 1. The minimum absolute atomic E-state index is 0.115. The molecule has 0 unspecified atom stereocenters. The Balaban J connectivity index is 0. The van der Waals surface area contributed by atoms with Crippen LogP contribution in [0.3, 0.4) is 0 Å². The molecule has 0 radical (unpaired) electrons. The second-order valence-corrected chi connectivity index (χ2v) is 3.31. The van der Waals surface area contributed by atoms with Crippen LogP contribution in [0.2, 0.25) is 0 Å². The van der Waals surface area contributed by atoms with Crippen LogP contribution in [0, 0.1) is 0 Å². The number of likely N-dealkylation sites (N-methyl/N-ethyl adjacent to an activating group) is 1. The van der Waals surface area contributed by atoms with E-state index in [0.29, 0.717) is 13.1 Å². The largest absolute Gasteiger partial charge is 0.424 e. The van der Waals surface area contributed by atoms with Crippen molar-refractivity contribution in [2.45, 2.75) is 0 Å². The first-order chi connectivity index (χ1) is 6.87. The molecule has 0 aliphatic heterocycles. The van der Waals surface area contributed by atoms with Gasteiger partial charge in [-0.15, -0.1) is 0 Å². The van der Waals surface area contributed by atoms with Gasteiger partial charge in [-0.3, -0.25) is 9.45 Å². The fraction of sp³-hybridized carbons (Fsp3) is 0.833. The number of hydrogen-bond donors (Lipinski definition) is 2. The van der Waals surface area contributed by atoms with Crippen LogP contribution in [-0.2, 0) is 24.4 Å². The van der Waals surface area contributed by atoms with Crippen molar-refractivity contribution in [3.05, 3.63) is 0 Å². The Morgan fingerprint density at radius 2 is 2.00 bits per heavy atom. The minimum atomic E-state index is -4.40. The smallest absolute Gasteiger partial charge is 0.395 e. The van der Waals surface area contributed by atoms with Gasteiger partial charge in [-0.2, -0.15) is 8.42 Å². The topological polar surface area (TPSA) is 113 Å². The lowest BCUT2D eigenvalue weighted by Crippen LogP contribution is -2.23. The third-order valence-corrected chi connectivity index (χ3v) is 1.33. The van der Waals surface area contributed by atoms with Gasteiger partial charge in [-0.25, -0.2) is 4.89 Å². The van der Waals surface area contributed by atoms with Gasteiger partial charge in [0.05, 0.1) is 20.3 Å². The summed E-state index contributed by atoms with van der Waals surface area (Å²) in [6.45, 7) is 1.09. The molecule has 0 spiro atoms. The standard InChI is InChI=1S/C5H11NO2.CH4O5S/c1-6(2-4-7)3-5-8;1-5-6-7(2,3)4/h4,8H,2-3,5H2,1H3;1H3,(H,2,3,4). The van der Waals surface area contributed by atoms with E-state index in [-0.39, 0.29) is 6.61 Å². The van der Waals surface area contributed by atoms with Crippen molar-refractivity contribution in [3.63, 3.8) is 0 Å². The van der Waals surface area contributed by atoms with E-state index in [0.717, 1.165) is 13.4 Å². The van der Waals surface area contributed by atoms with Gasteiger partial charge in [-0.1, -0.05) is 4.33 Å². The minimum Gasteiger partial charge on any atom is -0.395 e. The summed E-state index contributed by atoms with van der Waals surface area (Å²) in [7, 11) is -1.65. The number of hydrogen-bond acceptors (Lipinski definition) is 7. The summed E-state index contributed by atoms with van der Waals surface area (Å²) < 4.78 is 29.8. The molecule has 0 saturated carbocycles. The Morgan fingerprint density at radius 3 is 2.20 bits per heavy atom. The quantitative estimate of drug-likeness (QED) is 0.251. The van der Waals surface area contributed by atoms with Gasteiger partial charge in [0.1, 0.15) is 6.29 Å². The van der Waals surface area contributed by atoms with Gasteiger partial charge in [0.25, 0.3) is 0 Å². The summed E-state index contributed by atoms with van der Waals surface area (Å²) in [5.41, 5.74) is 0. The number of rotatable bonds is 6. The number of carbonyl (C=O) groups is 1. The summed E-state index contributed by atoms with van der Waals surface area (Å²) >= 11 is 0. The van der Waals surface area contributed by atoms with Crippen LogP contribution < -0.4 is 0 Å². The lowest BCUT2D eigenvalue weighted by molar-refractivity contribution is -0.179. The van der Waals surface area contributed by atoms with E-state index in [1.807, 2.05) is 0 Å². The molecule has 0 fully saturated rings. The second kappa shape index (κ2) is 9.96. The lowest BCUT2D eigenvalue weighted by atomic mass is 10.5. The zero-order chi connectivity index (χ0) is 12.3. The molecule has 2 N–H and O–H groups in total. The van der Waals surface area contributed by atoms with Gasteiger partial charge in [0.2, 0.25) is 0 Å². The summed E-state index contributed by atoms with van der Waals surface area (Å²) in [6, 6.07) is 0. The van der Waals surface area contributed by atoms with Crippen LogP contribution >= 0.6 is 0 Å². The number of carbonyl (C=O) groups excluding carboxylic acids is 1. The average molecular weight is 245 g/mol. The van der Waals surface area contributed by atoms with Crippen molar-refractivity contribution in [1.82, 2.24) is 4.90 Å².